The van der Waals surface area contributed by atoms with E-state index in [0.717, 1.165) is 56.7 Å². The number of likely N-dealkylation sites (tertiary alicyclic amines) is 1. The van der Waals surface area contributed by atoms with Gasteiger partial charge in [0.15, 0.2) is 11.7 Å². The highest BCUT2D eigenvalue weighted by Crippen LogP contribution is 2.14. The van der Waals surface area contributed by atoms with Crippen molar-refractivity contribution in [2.24, 2.45) is 5.10 Å². The number of hydrogen-bond acceptors (Lipinski definition) is 5. The molecule has 2 fully saturated rings. The van der Waals surface area contributed by atoms with E-state index in [1.54, 1.807) is 0 Å². The Morgan fingerprint density at radius 2 is 2.04 bits per heavy atom. The number of benzene rings is 1. The van der Waals surface area contributed by atoms with Crippen LogP contribution in [0.3, 0.4) is 0 Å². The number of nitrogens with one attached hydrogen (secondary N) is 2. The van der Waals surface area contributed by atoms with Crippen LogP contribution in [-0.4, -0.2) is 60.6 Å². The molecule has 0 aliphatic carbocycles. The van der Waals surface area contributed by atoms with Gasteiger partial charge >= 0.3 is 0 Å². The van der Waals surface area contributed by atoms with Crippen LogP contribution in [0.25, 0.3) is 0 Å². The fourth-order valence-electron chi connectivity index (χ4n) is 3.25. The summed E-state index contributed by atoms with van der Waals surface area (Å²) in [6, 6.07) is 7.53. The maximum atomic E-state index is 12.0. The van der Waals surface area contributed by atoms with Crippen LogP contribution in [0.4, 0.5) is 0 Å². The van der Waals surface area contributed by atoms with Crippen molar-refractivity contribution in [3.63, 3.8) is 0 Å². The normalized spacial score (nSPS) is 19.5. The van der Waals surface area contributed by atoms with Gasteiger partial charge in [-0.05, 0) is 74.7 Å². The van der Waals surface area contributed by atoms with Gasteiger partial charge in [-0.2, -0.15) is 5.10 Å². The minimum atomic E-state index is 0.0486. The van der Waals surface area contributed by atoms with Crippen molar-refractivity contribution < 1.29 is 14.3 Å². The van der Waals surface area contributed by atoms with Crippen molar-refractivity contribution in [2.75, 3.05) is 32.8 Å². The van der Waals surface area contributed by atoms with Crippen LogP contribution in [0.5, 0.6) is 5.75 Å². The zero-order valence-corrected chi connectivity index (χ0v) is 17.1. The lowest BCUT2D eigenvalue weighted by atomic mass is 10.1. The number of ether oxygens (including phenoxy) is 2. The third-order valence-corrected chi connectivity index (χ3v) is 5.17. The summed E-state index contributed by atoms with van der Waals surface area (Å²) >= 11 is 5.24. The fraction of sp³-hybridized carbons (Fsp3) is 0.550. The number of hydrogen-bond donors (Lipinski definition) is 2. The van der Waals surface area contributed by atoms with Gasteiger partial charge in [0.1, 0.15) is 5.75 Å². The molecule has 7 nitrogen and oxygen atoms in total. The highest BCUT2D eigenvalue weighted by Gasteiger charge is 2.18. The number of carbonyl (C=O) groups is 1. The Hall–Kier alpha value is -2.19. The fourth-order valence-corrected chi connectivity index (χ4v) is 3.37. The minimum absolute atomic E-state index is 0.0486. The first kappa shape index (κ1) is 20.5. The van der Waals surface area contributed by atoms with E-state index in [2.05, 4.69) is 15.8 Å². The maximum absolute atomic E-state index is 12.0. The molecule has 0 bridgehead atoms. The zero-order valence-electron chi connectivity index (χ0n) is 16.3. The summed E-state index contributed by atoms with van der Waals surface area (Å²) in [6.45, 7) is 5.20. The van der Waals surface area contributed by atoms with E-state index in [-0.39, 0.29) is 18.6 Å². The molecule has 1 atom stereocenters. The Morgan fingerprint density at radius 1 is 1.29 bits per heavy atom. The summed E-state index contributed by atoms with van der Waals surface area (Å²) < 4.78 is 11.2. The number of rotatable bonds is 7. The van der Waals surface area contributed by atoms with Crippen molar-refractivity contribution in [2.45, 2.75) is 38.7 Å². The van der Waals surface area contributed by atoms with E-state index in [0.29, 0.717) is 17.4 Å². The first-order chi connectivity index (χ1) is 13.6. The second kappa shape index (κ2) is 10.4. The van der Waals surface area contributed by atoms with Crippen molar-refractivity contribution >= 4 is 28.9 Å². The van der Waals surface area contributed by atoms with Crippen LogP contribution in [-0.2, 0) is 9.53 Å². The molecular formula is C20H28N4O3S. The van der Waals surface area contributed by atoms with E-state index < -0.39 is 0 Å². The van der Waals surface area contributed by atoms with Gasteiger partial charge in [0.05, 0.1) is 11.8 Å². The summed E-state index contributed by atoms with van der Waals surface area (Å²) in [5.41, 5.74) is 4.62. The molecule has 0 aromatic heterocycles. The third-order valence-electron chi connectivity index (χ3n) is 4.93. The minimum Gasteiger partial charge on any atom is -0.484 e. The molecule has 2 heterocycles. The van der Waals surface area contributed by atoms with Gasteiger partial charge in [-0.25, -0.2) is 0 Å². The number of nitrogens with zero attached hydrogens (tertiary/aromatic N) is 2. The average Bonchev–Trinajstić information content (AvgIpc) is 3.43. The Bertz CT molecular complexity index is 696. The summed E-state index contributed by atoms with van der Waals surface area (Å²) in [5, 5.41) is 7.92. The maximum Gasteiger partial charge on any atom is 0.260 e. The molecule has 152 valence electrons. The summed E-state index contributed by atoms with van der Waals surface area (Å²) in [7, 11) is 0. The third kappa shape index (κ3) is 6.17. The molecule has 1 aromatic rings. The van der Waals surface area contributed by atoms with E-state index in [1.165, 1.54) is 0 Å². The highest BCUT2D eigenvalue weighted by atomic mass is 32.1. The predicted octanol–water partition coefficient (Wildman–Crippen LogP) is 2.05. The first-order valence-electron chi connectivity index (χ1n) is 9.82. The first-order valence-corrected chi connectivity index (χ1v) is 10.2. The second-order valence-electron chi connectivity index (χ2n) is 7.06. The van der Waals surface area contributed by atoms with E-state index in [9.17, 15) is 4.79 Å². The lowest BCUT2D eigenvalue weighted by Crippen LogP contribution is -2.37. The van der Waals surface area contributed by atoms with E-state index in [1.807, 2.05) is 36.1 Å². The standard InChI is InChI=1S/C20H28N4O3S/c1-15(22-23-20(28)21-13-18-5-4-12-26-18)16-6-8-17(9-7-16)27-14-19(25)24-10-2-3-11-24/h6-9,18H,2-5,10-14H2,1H3,(H2,21,23,28)/b22-15-/t18-/m0/s1. The molecule has 0 saturated carbocycles. The quantitative estimate of drug-likeness (QED) is 0.412. The van der Waals surface area contributed by atoms with Gasteiger partial charge in [-0.15, -0.1) is 0 Å². The van der Waals surface area contributed by atoms with Gasteiger partial charge < -0.3 is 19.7 Å². The van der Waals surface area contributed by atoms with Gasteiger partial charge in [-0.3, -0.25) is 10.2 Å². The number of thiocarbonyl (C=S) groups is 1. The molecule has 0 unspecified atom stereocenters. The zero-order chi connectivity index (χ0) is 19.8. The van der Waals surface area contributed by atoms with Gasteiger partial charge in [0.2, 0.25) is 0 Å². The van der Waals surface area contributed by atoms with Gasteiger partial charge in [-0.1, -0.05) is 0 Å². The molecule has 0 spiro atoms. The van der Waals surface area contributed by atoms with Crippen LogP contribution in [0.1, 0.15) is 38.2 Å². The van der Waals surface area contributed by atoms with Gasteiger partial charge in [0.25, 0.3) is 5.91 Å². The lowest BCUT2D eigenvalue weighted by Gasteiger charge is -2.15. The average molecular weight is 405 g/mol. The van der Waals surface area contributed by atoms with Crippen LogP contribution in [0, 0.1) is 0 Å². The molecule has 1 amide bonds. The summed E-state index contributed by atoms with van der Waals surface area (Å²) in [6.07, 6.45) is 4.57. The Kier molecular flexibility index (Phi) is 7.62. The largest absolute Gasteiger partial charge is 0.484 e. The van der Waals surface area contributed by atoms with Crippen molar-refractivity contribution in [3.05, 3.63) is 29.8 Å². The van der Waals surface area contributed by atoms with Gasteiger partial charge in [0, 0.05) is 26.2 Å². The summed E-state index contributed by atoms with van der Waals surface area (Å²) in [4.78, 5) is 13.9. The van der Waals surface area contributed by atoms with Crippen molar-refractivity contribution in [1.82, 2.24) is 15.6 Å². The van der Waals surface area contributed by atoms with Crippen molar-refractivity contribution in [1.29, 1.82) is 0 Å². The number of hydrazone groups is 1. The number of carbonyl (C=O) groups excluding carboxylic acids is 1. The van der Waals surface area contributed by atoms with Crippen LogP contribution in [0.2, 0.25) is 0 Å². The summed E-state index contributed by atoms with van der Waals surface area (Å²) in [5.74, 6) is 0.721. The lowest BCUT2D eigenvalue weighted by molar-refractivity contribution is -0.132. The monoisotopic (exact) mass is 404 g/mol. The topological polar surface area (TPSA) is 75.2 Å². The SMILES string of the molecule is C/C(=N/NC(=S)NC[C@@H]1CCCO1)c1ccc(OCC(=O)N2CCCC2)cc1. The van der Waals surface area contributed by atoms with Crippen molar-refractivity contribution in [3.8, 4) is 5.75 Å². The molecule has 28 heavy (non-hydrogen) atoms. The Balaban J connectivity index is 1.41. The molecule has 2 saturated heterocycles. The van der Waals surface area contributed by atoms with Crippen LogP contribution < -0.4 is 15.5 Å². The van der Waals surface area contributed by atoms with Crippen LogP contribution >= 0.6 is 12.2 Å². The highest BCUT2D eigenvalue weighted by molar-refractivity contribution is 7.80. The van der Waals surface area contributed by atoms with Crippen LogP contribution in [0.15, 0.2) is 29.4 Å². The van der Waals surface area contributed by atoms with E-state index in [4.69, 9.17) is 21.7 Å². The van der Waals surface area contributed by atoms with E-state index >= 15 is 0 Å². The molecule has 2 aliphatic rings. The Morgan fingerprint density at radius 3 is 2.71 bits per heavy atom. The Labute approximate surface area is 171 Å². The molecule has 0 radical (unpaired) electrons. The molecule has 2 aliphatic heterocycles. The molecule has 2 N–H and O–H groups in total. The molecular weight excluding hydrogens is 376 g/mol. The molecule has 3 rings (SSSR count). The molecule has 1 aromatic carbocycles. The number of amides is 1. The molecule has 8 heteroatoms. The predicted molar refractivity (Wildman–Crippen MR) is 113 cm³/mol. The second-order valence-corrected chi connectivity index (χ2v) is 7.46. The smallest absolute Gasteiger partial charge is 0.260 e.